The van der Waals surface area contributed by atoms with Crippen LogP contribution >= 0.6 is 0 Å². The molecule has 1 aromatic rings. The van der Waals surface area contributed by atoms with E-state index in [0.717, 1.165) is 0 Å². The first-order valence-electron chi connectivity index (χ1n) is 12.9. The Balaban J connectivity index is 2.17. The third kappa shape index (κ3) is 11.9. The van der Waals surface area contributed by atoms with Crippen molar-refractivity contribution in [1.29, 1.82) is 0 Å². The summed E-state index contributed by atoms with van der Waals surface area (Å²) < 4.78 is 5.08. The smallest absolute Gasteiger partial charge is 0.234 e. The average molecular weight is 392 g/mol. The maximum absolute atomic E-state index is 2.55. The molecule has 0 fully saturated rings. The molecule has 0 N–H and O–H groups in total. The summed E-state index contributed by atoms with van der Waals surface area (Å²) in [5.74, 6) is 1.58. The van der Waals surface area contributed by atoms with E-state index in [9.17, 15) is 0 Å². The molecule has 0 atom stereocenters. The van der Waals surface area contributed by atoms with E-state index in [2.05, 4.69) is 42.3 Å². The quantitative estimate of drug-likeness (QED) is 0.157. The van der Waals surface area contributed by atoms with Crippen LogP contribution in [0.3, 0.4) is 0 Å². The standard InChI is InChI=1S/C26H51N2/c1-4-7-10-11-12-13-14-15-16-17-18-19-21-26-27(22-9-6-3)24-25-28(26)23-20-8-5-2/h24-25H,4-23H2,1-3H3/q+1. The Kier molecular flexibility index (Phi) is 16.5. The van der Waals surface area contributed by atoms with Crippen molar-refractivity contribution in [3.8, 4) is 0 Å². The van der Waals surface area contributed by atoms with Crippen molar-refractivity contribution < 1.29 is 4.57 Å². The first-order valence-corrected chi connectivity index (χ1v) is 12.9. The maximum Gasteiger partial charge on any atom is 0.256 e. The van der Waals surface area contributed by atoms with Crippen LogP contribution < -0.4 is 4.57 Å². The Hall–Kier alpha value is -0.790. The number of imidazole rings is 1. The molecule has 1 rings (SSSR count). The summed E-state index contributed by atoms with van der Waals surface area (Å²) in [5, 5.41) is 0. The zero-order valence-electron chi connectivity index (χ0n) is 19.7. The molecule has 0 spiro atoms. The van der Waals surface area contributed by atoms with Gasteiger partial charge in [-0.05, 0) is 25.7 Å². The second-order valence-electron chi connectivity index (χ2n) is 8.80. The lowest BCUT2D eigenvalue weighted by molar-refractivity contribution is -0.704. The van der Waals surface area contributed by atoms with E-state index < -0.39 is 0 Å². The van der Waals surface area contributed by atoms with Crippen LogP contribution in [0, 0.1) is 0 Å². The van der Waals surface area contributed by atoms with Crippen LogP contribution in [0.5, 0.6) is 0 Å². The molecule has 0 aliphatic heterocycles. The molecule has 0 aliphatic rings. The van der Waals surface area contributed by atoms with Crippen LogP contribution in [-0.4, -0.2) is 4.57 Å². The molecule has 2 nitrogen and oxygen atoms in total. The topological polar surface area (TPSA) is 8.81 Å². The summed E-state index contributed by atoms with van der Waals surface area (Å²) in [6.45, 7) is 9.30. The Morgan fingerprint density at radius 1 is 0.607 bits per heavy atom. The summed E-state index contributed by atoms with van der Waals surface area (Å²) >= 11 is 0. The molecular formula is C26H51N2+. The van der Waals surface area contributed by atoms with Gasteiger partial charge in [-0.3, -0.25) is 0 Å². The molecule has 0 aromatic carbocycles. The van der Waals surface area contributed by atoms with Crippen LogP contribution in [0.15, 0.2) is 12.4 Å². The van der Waals surface area contributed by atoms with Gasteiger partial charge in [0.25, 0.3) is 5.82 Å². The Bertz CT molecular complexity index is 449. The van der Waals surface area contributed by atoms with Gasteiger partial charge in [0.15, 0.2) is 0 Å². The molecule has 0 unspecified atom stereocenters. The maximum atomic E-state index is 2.55. The minimum absolute atomic E-state index is 1.20. The van der Waals surface area contributed by atoms with E-state index in [-0.39, 0.29) is 0 Å². The molecule has 1 heterocycles. The van der Waals surface area contributed by atoms with Gasteiger partial charge in [-0.2, -0.15) is 0 Å². The van der Waals surface area contributed by atoms with Crippen LogP contribution in [0.4, 0.5) is 0 Å². The van der Waals surface area contributed by atoms with Gasteiger partial charge in [0.05, 0.1) is 13.1 Å². The normalized spacial score (nSPS) is 11.4. The van der Waals surface area contributed by atoms with E-state index in [1.165, 1.54) is 129 Å². The van der Waals surface area contributed by atoms with Crippen molar-refractivity contribution in [2.24, 2.45) is 0 Å². The van der Waals surface area contributed by atoms with E-state index >= 15 is 0 Å². The molecule has 0 saturated heterocycles. The van der Waals surface area contributed by atoms with Gasteiger partial charge in [-0.15, -0.1) is 0 Å². The molecule has 0 saturated carbocycles. The van der Waals surface area contributed by atoms with Crippen molar-refractivity contribution in [1.82, 2.24) is 4.57 Å². The van der Waals surface area contributed by atoms with Crippen molar-refractivity contribution in [3.63, 3.8) is 0 Å². The molecule has 0 aliphatic carbocycles. The number of aryl methyl sites for hydroxylation is 2. The molecule has 0 amide bonds. The highest BCUT2D eigenvalue weighted by Gasteiger charge is 2.16. The van der Waals surface area contributed by atoms with Crippen LogP contribution in [-0.2, 0) is 19.5 Å². The van der Waals surface area contributed by atoms with Crippen molar-refractivity contribution >= 4 is 0 Å². The number of aromatic nitrogens is 2. The number of hydrogen-bond donors (Lipinski definition) is 0. The van der Waals surface area contributed by atoms with E-state index in [1.54, 1.807) is 5.82 Å². The van der Waals surface area contributed by atoms with Crippen molar-refractivity contribution in [2.75, 3.05) is 0 Å². The fourth-order valence-electron chi connectivity index (χ4n) is 4.18. The molecule has 1 aromatic heterocycles. The molecular weight excluding hydrogens is 340 g/mol. The van der Waals surface area contributed by atoms with Gasteiger partial charge in [0.2, 0.25) is 0 Å². The minimum Gasteiger partial charge on any atom is -0.234 e. The van der Waals surface area contributed by atoms with Crippen molar-refractivity contribution in [3.05, 3.63) is 18.2 Å². The molecule has 0 bridgehead atoms. The molecule has 28 heavy (non-hydrogen) atoms. The fraction of sp³-hybridized carbons (Fsp3) is 0.885. The second-order valence-corrected chi connectivity index (χ2v) is 8.80. The predicted molar refractivity (Wildman–Crippen MR) is 124 cm³/mol. The van der Waals surface area contributed by atoms with Crippen LogP contribution in [0.2, 0.25) is 0 Å². The number of unbranched alkanes of at least 4 members (excludes halogenated alkanes) is 14. The lowest BCUT2D eigenvalue weighted by Crippen LogP contribution is -2.37. The zero-order chi connectivity index (χ0) is 20.3. The monoisotopic (exact) mass is 391 g/mol. The second kappa shape index (κ2) is 18.3. The number of nitrogens with zero attached hydrogens (tertiary/aromatic N) is 2. The SMILES string of the molecule is CCCCCCCCCCCCCCc1n(CCCC)cc[n+]1CCCCC. The third-order valence-corrected chi connectivity index (χ3v) is 6.10. The van der Waals surface area contributed by atoms with E-state index in [4.69, 9.17) is 0 Å². The fourth-order valence-corrected chi connectivity index (χ4v) is 4.18. The summed E-state index contributed by atoms with van der Waals surface area (Å²) in [4.78, 5) is 0. The van der Waals surface area contributed by atoms with Gasteiger partial charge in [-0.1, -0.05) is 104 Å². The van der Waals surface area contributed by atoms with E-state index in [1.807, 2.05) is 0 Å². The van der Waals surface area contributed by atoms with Crippen LogP contribution in [0.1, 0.15) is 136 Å². The summed E-state index contributed by atoms with van der Waals surface area (Å²) in [6.07, 6.45) is 29.7. The van der Waals surface area contributed by atoms with Gasteiger partial charge < -0.3 is 0 Å². The highest BCUT2D eigenvalue weighted by molar-refractivity contribution is 4.84. The Labute approximate surface area is 177 Å². The number of rotatable bonds is 20. The van der Waals surface area contributed by atoms with Gasteiger partial charge in [0, 0.05) is 6.42 Å². The highest BCUT2D eigenvalue weighted by atomic mass is 15.1. The van der Waals surface area contributed by atoms with Gasteiger partial charge in [-0.25, -0.2) is 9.13 Å². The molecule has 164 valence electrons. The summed E-state index contributed by atoms with van der Waals surface area (Å²) in [6, 6.07) is 0. The first-order chi connectivity index (χ1) is 13.8. The summed E-state index contributed by atoms with van der Waals surface area (Å²) in [7, 11) is 0. The van der Waals surface area contributed by atoms with E-state index in [0.29, 0.717) is 0 Å². The molecule has 2 heteroatoms. The summed E-state index contributed by atoms with van der Waals surface area (Å²) in [5.41, 5.74) is 0. The third-order valence-electron chi connectivity index (χ3n) is 6.10. The lowest BCUT2D eigenvalue weighted by Gasteiger charge is -2.06. The average Bonchev–Trinajstić information content (AvgIpc) is 3.09. The van der Waals surface area contributed by atoms with Crippen LogP contribution in [0.25, 0.3) is 0 Å². The highest BCUT2D eigenvalue weighted by Crippen LogP contribution is 2.13. The minimum atomic E-state index is 1.20. The van der Waals surface area contributed by atoms with Gasteiger partial charge >= 0.3 is 0 Å². The lowest BCUT2D eigenvalue weighted by atomic mass is 10.0. The number of hydrogen-bond acceptors (Lipinski definition) is 0. The Morgan fingerprint density at radius 3 is 1.68 bits per heavy atom. The largest absolute Gasteiger partial charge is 0.256 e. The van der Waals surface area contributed by atoms with Crippen molar-refractivity contribution in [2.45, 2.75) is 149 Å². The predicted octanol–water partition coefficient (Wildman–Crippen LogP) is 8.01. The zero-order valence-corrected chi connectivity index (χ0v) is 19.7. The first kappa shape index (κ1) is 25.2. The van der Waals surface area contributed by atoms with Gasteiger partial charge in [0.1, 0.15) is 12.4 Å². The Morgan fingerprint density at radius 2 is 1.11 bits per heavy atom. The molecule has 0 radical (unpaired) electrons.